The van der Waals surface area contributed by atoms with E-state index in [1.54, 1.807) is 18.2 Å². The van der Waals surface area contributed by atoms with Gasteiger partial charge in [0.15, 0.2) is 0 Å². The number of nitrogens with zero attached hydrogens (tertiary/aromatic N) is 3. The van der Waals surface area contributed by atoms with E-state index in [4.69, 9.17) is 9.84 Å². The molecule has 0 saturated heterocycles. The summed E-state index contributed by atoms with van der Waals surface area (Å²) in [7, 11) is 0. The summed E-state index contributed by atoms with van der Waals surface area (Å²) in [5, 5.41) is 15.3. The number of hydrogen-bond donors (Lipinski definition) is 2. The molecule has 0 aliphatic rings. The molecule has 0 unspecified atom stereocenters. The maximum Gasteiger partial charge on any atom is 0.338 e. The molecule has 5 aromatic rings. The van der Waals surface area contributed by atoms with Crippen molar-refractivity contribution < 1.29 is 14.6 Å². The number of H-pyrrole nitrogens is 1. The Morgan fingerprint density at radius 3 is 2.70 bits per heavy atom. The zero-order chi connectivity index (χ0) is 20.7. The van der Waals surface area contributed by atoms with Crippen molar-refractivity contribution in [1.82, 2.24) is 19.7 Å². The van der Waals surface area contributed by atoms with Crippen LogP contribution in [-0.2, 0) is 0 Å². The van der Waals surface area contributed by atoms with E-state index < -0.39 is 5.97 Å². The Kier molecular flexibility index (Phi) is 4.03. The highest BCUT2D eigenvalue weighted by molar-refractivity contribution is 5.89. The third-order valence-electron chi connectivity index (χ3n) is 4.69. The lowest BCUT2D eigenvalue weighted by molar-refractivity contribution is 0.0697. The predicted octanol–water partition coefficient (Wildman–Crippen LogP) is 3.75. The topological polar surface area (TPSA) is 110 Å². The summed E-state index contributed by atoms with van der Waals surface area (Å²) in [4.78, 5) is 30.7. The van der Waals surface area contributed by atoms with Crippen molar-refractivity contribution in [2.24, 2.45) is 0 Å². The standard InChI is InChI=1S/C22H14N4O4/c27-20-17-10-15(30-19-7-3-5-13-4-1-2-6-16(13)19)8-9-18(17)24-22(25-20)26-12-14(11-23-26)21(28)29/h1-12H,(H,28,29)(H,24,25,27). The first-order chi connectivity index (χ1) is 14.6. The fraction of sp³-hybridized carbons (Fsp3) is 0. The summed E-state index contributed by atoms with van der Waals surface area (Å²) >= 11 is 0. The molecule has 30 heavy (non-hydrogen) atoms. The van der Waals surface area contributed by atoms with E-state index in [1.807, 2.05) is 42.5 Å². The van der Waals surface area contributed by atoms with Gasteiger partial charge in [0.2, 0.25) is 5.95 Å². The predicted molar refractivity (Wildman–Crippen MR) is 110 cm³/mol. The third-order valence-corrected chi connectivity index (χ3v) is 4.69. The van der Waals surface area contributed by atoms with Crippen molar-refractivity contribution >= 4 is 27.6 Å². The van der Waals surface area contributed by atoms with Crippen molar-refractivity contribution in [3.8, 4) is 17.4 Å². The molecule has 0 spiro atoms. The number of carbonyl (C=O) groups is 1. The van der Waals surface area contributed by atoms with E-state index in [9.17, 15) is 9.59 Å². The Hall–Kier alpha value is -4.46. The van der Waals surface area contributed by atoms with Gasteiger partial charge in [-0.05, 0) is 29.7 Å². The molecule has 2 aromatic heterocycles. The van der Waals surface area contributed by atoms with Gasteiger partial charge in [-0.2, -0.15) is 5.10 Å². The van der Waals surface area contributed by atoms with Gasteiger partial charge in [-0.3, -0.25) is 9.78 Å². The van der Waals surface area contributed by atoms with Gasteiger partial charge < -0.3 is 9.84 Å². The molecule has 0 bridgehead atoms. The van der Waals surface area contributed by atoms with Crippen molar-refractivity contribution in [1.29, 1.82) is 0 Å². The zero-order valence-electron chi connectivity index (χ0n) is 15.4. The number of rotatable bonds is 4. The van der Waals surface area contributed by atoms with E-state index in [0.29, 0.717) is 22.4 Å². The van der Waals surface area contributed by atoms with Crippen LogP contribution < -0.4 is 10.3 Å². The van der Waals surface area contributed by atoms with Crippen LogP contribution >= 0.6 is 0 Å². The van der Waals surface area contributed by atoms with Crippen LogP contribution in [0.3, 0.4) is 0 Å². The number of aromatic carboxylic acids is 1. The number of ether oxygens (including phenoxy) is 1. The molecular formula is C22H14N4O4. The fourth-order valence-electron chi connectivity index (χ4n) is 3.24. The highest BCUT2D eigenvalue weighted by atomic mass is 16.5. The Bertz CT molecular complexity index is 1480. The highest BCUT2D eigenvalue weighted by Gasteiger charge is 2.12. The largest absolute Gasteiger partial charge is 0.478 e. The number of hydrogen-bond acceptors (Lipinski definition) is 5. The van der Waals surface area contributed by atoms with Crippen molar-refractivity contribution in [3.05, 3.63) is 89.0 Å². The van der Waals surface area contributed by atoms with Gasteiger partial charge in [0.1, 0.15) is 11.5 Å². The summed E-state index contributed by atoms with van der Waals surface area (Å²) in [6, 6.07) is 18.7. The van der Waals surface area contributed by atoms with Crippen molar-refractivity contribution in [3.63, 3.8) is 0 Å². The number of aromatic nitrogens is 4. The van der Waals surface area contributed by atoms with E-state index in [2.05, 4.69) is 15.1 Å². The summed E-state index contributed by atoms with van der Waals surface area (Å²) < 4.78 is 7.25. The molecule has 3 aromatic carbocycles. The smallest absolute Gasteiger partial charge is 0.338 e. The maximum absolute atomic E-state index is 12.6. The molecule has 0 aliphatic carbocycles. The Labute approximate surface area is 169 Å². The van der Waals surface area contributed by atoms with Gasteiger partial charge in [0.05, 0.1) is 22.7 Å². The first kappa shape index (κ1) is 17.6. The number of fused-ring (bicyclic) bond motifs is 2. The molecule has 5 rings (SSSR count). The van der Waals surface area contributed by atoms with E-state index in [-0.39, 0.29) is 17.1 Å². The van der Waals surface area contributed by atoms with Crippen molar-refractivity contribution in [2.75, 3.05) is 0 Å². The monoisotopic (exact) mass is 398 g/mol. The molecule has 0 aliphatic heterocycles. The Balaban J connectivity index is 1.54. The number of benzene rings is 3. The van der Waals surface area contributed by atoms with Crippen LogP contribution in [0.4, 0.5) is 0 Å². The molecule has 0 saturated carbocycles. The van der Waals surface area contributed by atoms with Gasteiger partial charge in [0, 0.05) is 11.6 Å². The minimum atomic E-state index is -1.11. The van der Waals surface area contributed by atoms with Crippen LogP contribution in [-0.4, -0.2) is 30.8 Å². The van der Waals surface area contributed by atoms with Gasteiger partial charge in [0.25, 0.3) is 5.56 Å². The minimum absolute atomic E-state index is 0.00317. The van der Waals surface area contributed by atoms with Gasteiger partial charge >= 0.3 is 5.97 Å². The Morgan fingerprint density at radius 2 is 1.87 bits per heavy atom. The molecule has 0 amide bonds. The molecule has 2 N–H and O–H groups in total. The van der Waals surface area contributed by atoms with Gasteiger partial charge in [-0.15, -0.1) is 0 Å². The summed E-state index contributed by atoms with van der Waals surface area (Å²) in [5.74, 6) is 0.208. The number of aromatic amines is 1. The normalized spacial score (nSPS) is 11.1. The molecule has 0 atom stereocenters. The summed E-state index contributed by atoms with van der Waals surface area (Å²) in [6.45, 7) is 0. The lowest BCUT2D eigenvalue weighted by atomic mass is 10.1. The molecule has 0 radical (unpaired) electrons. The molecule has 146 valence electrons. The lowest BCUT2D eigenvalue weighted by Gasteiger charge is -2.10. The molecular weight excluding hydrogens is 384 g/mol. The Morgan fingerprint density at radius 1 is 1.03 bits per heavy atom. The zero-order valence-corrected chi connectivity index (χ0v) is 15.4. The van der Waals surface area contributed by atoms with Gasteiger partial charge in [-0.25, -0.2) is 14.5 Å². The van der Waals surface area contributed by atoms with Crippen LogP contribution in [0.25, 0.3) is 27.6 Å². The second-order valence-corrected chi connectivity index (χ2v) is 6.63. The van der Waals surface area contributed by atoms with Crippen LogP contribution in [0.1, 0.15) is 10.4 Å². The van der Waals surface area contributed by atoms with Gasteiger partial charge in [-0.1, -0.05) is 36.4 Å². The minimum Gasteiger partial charge on any atom is -0.478 e. The van der Waals surface area contributed by atoms with E-state index >= 15 is 0 Å². The highest BCUT2D eigenvalue weighted by Crippen LogP contribution is 2.30. The fourth-order valence-corrected chi connectivity index (χ4v) is 3.24. The molecule has 8 nitrogen and oxygen atoms in total. The van der Waals surface area contributed by atoms with Crippen LogP contribution in [0.2, 0.25) is 0 Å². The summed E-state index contributed by atoms with van der Waals surface area (Å²) in [5.41, 5.74) is 0.0497. The summed E-state index contributed by atoms with van der Waals surface area (Å²) in [6.07, 6.45) is 2.47. The molecule has 2 heterocycles. The lowest BCUT2D eigenvalue weighted by Crippen LogP contribution is -2.14. The average molecular weight is 398 g/mol. The van der Waals surface area contributed by atoms with E-state index in [1.165, 1.54) is 17.1 Å². The van der Waals surface area contributed by atoms with Crippen LogP contribution in [0, 0.1) is 0 Å². The van der Waals surface area contributed by atoms with E-state index in [0.717, 1.165) is 10.8 Å². The van der Waals surface area contributed by atoms with Crippen LogP contribution in [0.15, 0.2) is 77.9 Å². The molecule has 0 fully saturated rings. The first-order valence-electron chi connectivity index (χ1n) is 9.06. The second kappa shape index (κ2) is 6.85. The maximum atomic E-state index is 12.6. The number of carboxylic acids is 1. The number of nitrogens with one attached hydrogen (secondary N) is 1. The third kappa shape index (κ3) is 3.06. The number of carboxylic acid groups (broad SMARTS) is 1. The second-order valence-electron chi connectivity index (χ2n) is 6.63. The SMILES string of the molecule is O=C(O)c1cnn(-c2nc3ccc(Oc4cccc5ccccc45)cc3c(=O)[nH]2)c1. The van der Waals surface area contributed by atoms with Crippen LogP contribution in [0.5, 0.6) is 11.5 Å². The quantitative estimate of drug-likeness (QED) is 0.477. The first-order valence-corrected chi connectivity index (χ1v) is 9.06. The van der Waals surface area contributed by atoms with Crippen molar-refractivity contribution in [2.45, 2.75) is 0 Å². The average Bonchev–Trinajstić information content (AvgIpc) is 3.25. The molecule has 8 heteroatoms.